The van der Waals surface area contributed by atoms with Crippen molar-refractivity contribution < 1.29 is 9.90 Å². The molecule has 0 fully saturated rings. The summed E-state index contributed by atoms with van der Waals surface area (Å²) in [6.07, 6.45) is 0. The first-order chi connectivity index (χ1) is 7.99. The molecule has 17 heavy (non-hydrogen) atoms. The standard InChI is InChI=1S/C12H17ClN2O2/c1-8(2)15-12(17)7-14-6-9-3-4-11(16)10(13)5-9/h3-5,8,14,16H,6-7H2,1-2H3,(H,15,17). The topological polar surface area (TPSA) is 61.4 Å². The zero-order valence-corrected chi connectivity index (χ0v) is 10.7. The Bertz CT molecular complexity index is 394. The Kier molecular flexibility index (Phi) is 5.25. The molecule has 94 valence electrons. The molecule has 0 aliphatic rings. The third-order valence-corrected chi connectivity index (χ3v) is 2.38. The summed E-state index contributed by atoms with van der Waals surface area (Å²) in [5.41, 5.74) is 0.921. The SMILES string of the molecule is CC(C)NC(=O)CNCc1ccc(O)c(Cl)c1. The summed E-state index contributed by atoms with van der Waals surface area (Å²) in [5, 5.41) is 15.3. The first-order valence-corrected chi connectivity index (χ1v) is 5.84. The van der Waals surface area contributed by atoms with Crippen molar-refractivity contribution >= 4 is 17.5 Å². The summed E-state index contributed by atoms with van der Waals surface area (Å²) in [5.74, 6) is 0.0258. The molecule has 0 aliphatic heterocycles. The van der Waals surface area contributed by atoms with E-state index < -0.39 is 0 Å². The number of benzene rings is 1. The zero-order valence-electron chi connectivity index (χ0n) is 9.96. The van der Waals surface area contributed by atoms with Crippen molar-refractivity contribution in [1.29, 1.82) is 0 Å². The summed E-state index contributed by atoms with van der Waals surface area (Å²) in [4.78, 5) is 11.3. The third kappa shape index (κ3) is 5.06. The molecule has 0 bridgehead atoms. The van der Waals surface area contributed by atoms with E-state index in [1.165, 1.54) is 6.07 Å². The Morgan fingerprint density at radius 1 is 1.47 bits per heavy atom. The Labute approximate surface area is 106 Å². The van der Waals surface area contributed by atoms with Gasteiger partial charge in [0.2, 0.25) is 5.91 Å². The first kappa shape index (κ1) is 13.8. The fraction of sp³-hybridized carbons (Fsp3) is 0.417. The molecule has 0 saturated carbocycles. The van der Waals surface area contributed by atoms with Gasteiger partial charge in [-0.3, -0.25) is 4.79 Å². The number of phenolic OH excluding ortho intramolecular Hbond substituents is 1. The Balaban J connectivity index is 2.36. The van der Waals surface area contributed by atoms with Gasteiger partial charge in [0.25, 0.3) is 0 Å². The van der Waals surface area contributed by atoms with Crippen LogP contribution in [0.15, 0.2) is 18.2 Å². The number of nitrogens with one attached hydrogen (secondary N) is 2. The average molecular weight is 257 g/mol. The van der Waals surface area contributed by atoms with Crippen LogP contribution in [-0.4, -0.2) is 23.6 Å². The molecular formula is C12H17ClN2O2. The third-order valence-electron chi connectivity index (χ3n) is 2.08. The molecule has 0 spiro atoms. The van der Waals surface area contributed by atoms with Crippen LogP contribution in [0.1, 0.15) is 19.4 Å². The molecule has 0 atom stereocenters. The molecule has 0 saturated heterocycles. The predicted octanol–water partition coefficient (Wildman–Crippen LogP) is 1.66. The molecule has 0 aromatic heterocycles. The van der Waals surface area contributed by atoms with Crippen LogP contribution in [-0.2, 0) is 11.3 Å². The van der Waals surface area contributed by atoms with Gasteiger partial charge in [-0.2, -0.15) is 0 Å². The smallest absolute Gasteiger partial charge is 0.234 e. The number of phenols is 1. The van der Waals surface area contributed by atoms with Crippen molar-refractivity contribution in [2.45, 2.75) is 26.4 Å². The molecule has 5 heteroatoms. The second-order valence-corrected chi connectivity index (χ2v) is 4.52. The number of hydrogen-bond donors (Lipinski definition) is 3. The first-order valence-electron chi connectivity index (χ1n) is 5.46. The van der Waals surface area contributed by atoms with Gasteiger partial charge in [-0.1, -0.05) is 17.7 Å². The highest BCUT2D eigenvalue weighted by Gasteiger charge is 2.03. The molecule has 1 rings (SSSR count). The van der Waals surface area contributed by atoms with Gasteiger partial charge in [-0.15, -0.1) is 0 Å². The average Bonchev–Trinajstić information content (AvgIpc) is 2.22. The van der Waals surface area contributed by atoms with E-state index in [-0.39, 0.29) is 24.2 Å². The maximum Gasteiger partial charge on any atom is 0.234 e. The summed E-state index contributed by atoms with van der Waals surface area (Å²) in [7, 11) is 0. The highest BCUT2D eigenvalue weighted by Crippen LogP contribution is 2.23. The normalized spacial score (nSPS) is 10.6. The fourth-order valence-electron chi connectivity index (χ4n) is 1.35. The summed E-state index contributed by atoms with van der Waals surface area (Å²) in [6.45, 7) is 4.62. The van der Waals surface area contributed by atoms with Crippen LogP contribution < -0.4 is 10.6 Å². The lowest BCUT2D eigenvalue weighted by Gasteiger charge is -2.09. The van der Waals surface area contributed by atoms with Gasteiger partial charge in [0.15, 0.2) is 0 Å². The van der Waals surface area contributed by atoms with E-state index in [1.54, 1.807) is 12.1 Å². The van der Waals surface area contributed by atoms with Gasteiger partial charge in [-0.05, 0) is 31.5 Å². The number of rotatable bonds is 5. The minimum Gasteiger partial charge on any atom is -0.506 e. The van der Waals surface area contributed by atoms with E-state index in [9.17, 15) is 9.90 Å². The van der Waals surface area contributed by atoms with E-state index in [0.717, 1.165) is 5.56 Å². The van der Waals surface area contributed by atoms with E-state index >= 15 is 0 Å². The van der Waals surface area contributed by atoms with Crippen LogP contribution in [0.25, 0.3) is 0 Å². The van der Waals surface area contributed by atoms with Gasteiger partial charge in [-0.25, -0.2) is 0 Å². The Hall–Kier alpha value is -1.26. The highest BCUT2D eigenvalue weighted by molar-refractivity contribution is 6.32. The Morgan fingerprint density at radius 2 is 2.18 bits per heavy atom. The number of amides is 1. The van der Waals surface area contributed by atoms with Crippen LogP contribution in [0.5, 0.6) is 5.75 Å². The van der Waals surface area contributed by atoms with Crippen molar-refractivity contribution in [1.82, 2.24) is 10.6 Å². The van der Waals surface area contributed by atoms with Crippen molar-refractivity contribution in [2.75, 3.05) is 6.54 Å². The molecule has 0 unspecified atom stereocenters. The molecule has 3 N–H and O–H groups in total. The lowest BCUT2D eigenvalue weighted by Crippen LogP contribution is -2.37. The minimum absolute atomic E-state index is 0.0372. The van der Waals surface area contributed by atoms with Crippen LogP contribution in [0.2, 0.25) is 5.02 Å². The quantitative estimate of drug-likeness (QED) is 0.751. The van der Waals surface area contributed by atoms with Crippen molar-refractivity contribution in [3.8, 4) is 5.75 Å². The maximum absolute atomic E-state index is 11.3. The fourth-order valence-corrected chi connectivity index (χ4v) is 1.56. The van der Waals surface area contributed by atoms with Gasteiger partial charge < -0.3 is 15.7 Å². The molecule has 0 heterocycles. The minimum atomic E-state index is -0.0372. The van der Waals surface area contributed by atoms with Gasteiger partial charge in [0.1, 0.15) is 5.75 Å². The largest absolute Gasteiger partial charge is 0.506 e. The monoisotopic (exact) mass is 256 g/mol. The van der Waals surface area contributed by atoms with Crippen LogP contribution in [0, 0.1) is 0 Å². The van der Waals surface area contributed by atoms with Crippen LogP contribution >= 0.6 is 11.6 Å². The molecule has 0 aliphatic carbocycles. The van der Waals surface area contributed by atoms with Crippen molar-refractivity contribution in [3.05, 3.63) is 28.8 Å². The van der Waals surface area contributed by atoms with Gasteiger partial charge >= 0.3 is 0 Å². The van der Waals surface area contributed by atoms with E-state index in [0.29, 0.717) is 11.6 Å². The molecule has 1 aromatic rings. The second-order valence-electron chi connectivity index (χ2n) is 4.11. The predicted molar refractivity (Wildman–Crippen MR) is 68.1 cm³/mol. The van der Waals surface area contributed by atoms with Crippen molar-refractivity contribution in [2.24, 2.45) is 0 Å². The summed E-state index contributed by atoms with van der Waals surface area (Å²) in [6, 6.07) is 5.11. The molecule has 4 nitrogen and oxygen atoms in total. The number of carbonyl (C=O) groups is 1. The molecule has 1 aromatic carbocycles. The lowest BCUT2D eigenvalue weighted by molar-refractivity contribution is -0.120. The van der Waals surface area contributed by atoms with Crippen LogP contribution in [0.3, 0.4) is 0 Å². The van der Waals surface area contributed by atoms with Crippen LogP contribution in [0.4, 0.5) is 0 Å². The van der Waals surface area contributed by atoms with Crippen molar-refractivity contribution in [3.63, 3.8) is 0 Å². The summed E-state index contributed by atoms with van der Waals surface area (Å²) < 4.78 is 0. The molecular weight excluding hydrogens is 240 g/mol. The van der Waals surface area contributed by atoms with E-state index in [2.05, 4.69) is 10.6 Å². The number of hydrogen-bond acceptors (Lipinski definition) is 3. The van der Waals surface area contributed by atoms with Gasteiger partial charge in [0, 0.05) is 12.6 Å². The molecule has 0 radical (unpaired) electrons. The Morgan fingerprint density at radius 3 is 2.76 bits per heavy atom. The maximum atomic E-state index is 11.3. The zero-order chi connectivity index (χ0) is 12.8. The number of halogens is 1. The summed E-state index contributed by atoms with van der Waals surface area (Å²) >= 11 is 5.77. The van der Waals surface area contributed by atoms with Gasteiger partial charge in [0.05, 0.1) is 11.6 Å². The highest BCUT2D eigenvalue weighted by atomic mass is 35.5. The van der Waals surface area contributed by atoms with E-state index in [1.807, 2.05) is 13.8 Å². The lowest BCUT2D eigenvalue weighted by atomic mass is 10.2. The number of aromatic hydroxyl groups is 1. The number of carbonyl (C=O) groups excluding carboxylic acids is 1. The van der Waals surface area contributed by atoms with E-state index in [4.69, 9.17) is 11.6 Å². The molecule has 1 amide bonds. The second kappa shape index (κ2) is 6.47.